The van der Waals surface area contributed by atoms with Gasteiger partial charge in [-0.3, -0.25) is 4.79 Å². The highest BCUT2D eigenvalue weighted by molar-refractivity contribution is 7.15. The second-order valence-electron chi connectivity index (χ2n) is 9.09. The molecule has 5 aromatic rings. The van der Waals surface area contributed by atoms with Crippen molar-refractivity contribution in [3.63, 3.8) is 0 Å². The van der Waals surface area contributed by atoms with E-state index in [0.717, 1.165) is 38.4 Å². The highest BCUT2D eigenvalue weighted by atomic mass is 32.1. The Bertz CT molecular complexity index is 1800. The molecular weight excluding hydrogens is 558 g/mol. The number of carbonyl (C=O) groups is 1. The number of hydrogen-bond donors (Lipinski definition) is 4. The van der Waals surface area contributed by atoms with Crippen LogP contribution in [0.1, 0.15) is 20.8 Å². The highest BCUT2D eigenvalue weighted by Crippen LogP contribution is 2.32. The van der Waals surface area contributed by atoms with Gasteiger partial charge in [0, 0.05) is 41.8 Å². The van der Waals surface area contributed by atoms with Gasteiger partial charge in [-0.25, -0.2) is 18.7 Å². The first kappa shape index (κ1) is 28.3. The fraction of sp³-hybridized carbons (Fsp3) is 0.100. The van der Waals surface area contributed by atoms with Gasteiger partial charge in [-0.05, 0) is 65.7 Å². The fourth-order valence-corrected chi connectivity index (χ4v) is 5.06. The Hall–Kier alpha value is -5.23. The van der Waals surface area contributed by atoms with Crippen LogP contribution in [0.15, 0.2) is 90.5 Å². The topological polar surface area (TPSA) is 131 Å². The molecule has 0 fully saturated rings. The number of hydrogen-bond acceptors (Lipinski definition) is 7. The van der Waals surface area contributed by atoms with Crippen molar-refractivity contribution < 1.29 is 18.6 Å². The van der Waals surface area contributed by atoms with Gasteiger partial charge in [-0.1, -0.05) is 11.1 Å². The number of H-pyrrole nitrogens is 1. The Morgan fingerprint density at radius 2 is 1.95 bits per heavy atom. The van der Waals surface area contributed by atoms with Gasteiger partial charge in [0.05, 0.1) is 17.5 Å². The Balaban J connectivity index is 1.29. The molecule has 5 rings (SSSR count). The summed E-state index contributed by atoms with van der Waals surface area (Å²) in [4.78, 5) is 31.2. The van der Waals surface area contributed by atoms with E-state index in [1.165, 1.54) is 6.07 Å². The number of benzene rings is 2. The predicted molar refractivity (Wildman–Crippen MR) is 160 cm³/mol. The van der Waals surface area contributed by atoms with Crippen LogP contribution < -0.4 is 26.7 Å². The first-order valence-electron chi connectivity index (χ1n) is 12.9. The molecule has 1 amide bonds. The molecule has 0 saturated carbocycles. The Labute approximate surface area is 244 Å². The van der Waals surface area contributed by atoms with Crippen LogP contribution in [0.2, 0.25) is 0 Å². The number of carbonyl (C=O) groups excluding carboxylic acids is 1. The molecule has 42 heavy (non-hydrogen) atoms. The van der Waals surface area contributed by atoms with Gasteiger partial charge >= 0.3 is 0 Å². The van der Waals surface area contributed by atoms with Crippen LogP contribution in [-0.4, -0.2) is 28.8 Å². The number of nitrogens with zero attached hydrogens (tertiary/aromatic N) is 3. The minimum atomic E-state index is -0.962. The number of nitrogens with one attached hydrogen (secondary N) is 4. The van der Waals surface area contributed by atoms with Crippen molar-refractivity contribution in [2.75, 3.05) is 12.4 Å². The van der Waals surface area contributed by atoms with E-state index in [1.807, 2.05) is 30.3 Å². The highest BCUT2D eigenvalue weighted by Gasteiger charge is 2.15. The SMILES string of the molecule is CN/C=C\C(N)=Nc1[nH+]cnc2ccc(-c3ccc(CNc4ncccc4C(=O)NCc4ccc(F)c(F)c4)s3)cc12. The number of thiophene rings is 1. The summed E-state index contributed by atoms with van der Waals surface area (Å²) < 4.78 is 26.7. The maximum atomic E-state index is 13.5. The molecule has 0 unspecified atom stereocenters. The van der Waals surface area contributed by atoms with E-state index in [2.05, 4.69) is 35.9 Å². The van der Waals surface area contributed by atoms with Crippen LogP contribution in [-0.2, 0) is 13.1 Å². The molecule has 0 saturated heterocycles. The number of fused-ring (bicyclic) bond motifs is 1. The number of halogens is 2. The van der Waals surface area contributed by atoms with Gasteiger partial charge < -0.3 is 21.7 Å². The molecule has 12 heteroatoms. The van der Waals surface area contributed by atoms with Gasteiger partial charge in [0.25, 0.3) is 11.7 Å². The van der Waals surface area contributed by atoms with Crippen molar-refractivity contribution in [1.29, 1.82) is 0 Å². The average Bonchev–Trinajstić information content (AvgIpc) is 3.49. The standard InChI is InChI=1S/C30H26F2N8OS/c1-34-12-10-27(33)40-29-22-14-19(5-8-25(22)38-17-39-29)26-9-6-20(42-26)16-36-28-21(3-2-11-35-28)30(41)37-15-18-4-7-23(31)24(32)13-18/h2-14,17,34H,15-16H2,1H3,(H,35,36)(H,37,41)(H2,33,38,39,40)/p+1/b12-10-. The van der Waals surface area contributed by atoms with Gasteiger partial charge in [0.1, 0.15) is 5.82 Å². The van der Waals surface area contributed by atoms with Crippen LogP contribution >= 0.6 is 11.3 Å². The number of aliphatic imine (C=N–C) groups is 1. The van der Waals surface area contributed by atoms with Gasteiger partial charge in [0.15, 0.2) is 17.2 Å². The lowest BCUT2D eigenvalue weighted by Gasteiger charge is -2.11. The van der Waals surface area contributed by atoms with Gasteiger partial charge in [-0.2, -0.15) is 0 Å². The lowest BCUT2D eigenvalue weighted by Crippen LogP contribution is -2.24. The third-order valence-corrected chi connectivity index (χ3v) is 7.32. The quantitative estimate of drug-likeness (QED) is 0.139. The normalized spacial score (nSPS) is 11.6. The van der Waals surface area contributed by atoms with Crippen molar-refractivity contribution in [1.82, 2.24) is 20.6 Å². The molecule has 2 aromatic carbocycles. The van der Waals surface area contributed by atoms with Gasteiger partial charge in [-0.15, -0.1) is 16.3 Å². The molecule has 0 aliphatic carbocycles. The van der Waals surface area contributed by atoms with E-state index < -0.39 is 11.6 Å². The number of amidine groups is 1. The second kappa shape index (κ2) is 13.0. The summed E-state index contributed by atoms with van der Waals surface area (Å²) in [6.07, 6.45) is 6.55. The van der Waals surface area contributed by atoms with Crippen molar-refractivity contribution in [2.45, 2.75) is 13.1 Å². The van der Waals surface area contributed by atoms with Crippen LogP contribution in [0.5, 0.6) is 0 Å². The summed E-state index contributed by atoms with van der Waals surface area (Å²) in [6, 6.07) is 16.8. The monoisotopic (exact) mass is 585 g/mol. The fourth-order valence-electron chi connectivity index (χ4n) is 4.12. The van der Waals surface area contributed by atoms with E-state index in [-0.39, 0.29) is 12.5 Å². The molecule has 3 aromatic heterocycles. The molecule has 0 atom stereocenters. The van der Waals surface area contributed by atoms with Crippen LogP contribution in [0.25, 0.3) is 21.3 Å². The molecular formula is C30H27F2N8OS+. The largest absolute Gasteiger partial charge is 0.394 e. The maximum absolute atomic E-state index is 13.5. The summed E-state index contributed by atoms with van der Waals surface area (Å²) in [7, 11) is 1.78. The number of nitrogens with two attached hydrogens (primary N) is 1. The minimum absolute atomic E-state index is 0.0456. The minimum Gasteiger partial charge on any atom is -0.394 e. The van der Waals surface area contributed by atoms with Crippen molar-refractivity contribution in [2.24, 2.45) is 10.7 Å². The third-order valence-electron chi connectivity index (χ3n) is 6.18. The summed E-state index contributed by atoms with van der Waals surface area (Å²) in [5.74, 6) is -0.928. The molecule has 3 heterocycles. The number of amides is 1. The number of aromatic nitrogens is 3. The van der Waals surface area contributed by atoms with E-state index in [0.29, 0.717) is 35.1 Å². The number of rotatable bonds is 10. The summed E-state index contributed by atoms with van der Waals surface area (Å²) in [5, 5.41) is 9.68. The van der Waals surface area contributed by atoms with E-state index in [1.54, 1.807) is 55.3 Å². The van der Waals surface area contributed by atoms with Crippen LogP contribution in [0.4, 0.5) is 20.4 Å². The average molecular weight is 586 g/mol. The van der Waals surface area contributed by atoms with Crippen LogP contribution in [0.3, 0.4) is 0 Å². The third kappa shape index (κ3) is 6.73. The Kier molecular flexibility index (Phi) is 8.73. The molecule has 0 bridgehead atoms. The van der Waals surface area contributed by atoms with Crippen molar-refractivity contribution >= 4 is 45.6 Å². The van der Waals surface area contributed by atoms with E-state index >= 15 is 0 Å². The molecule has 212 valence electrons. The predicted octanol–water partition coefficient (Wildman–Crippen LogP) is 4.71. The summed E-state index contributed by atoms with van der Waals surface area (Å²) in [5.41, 5.74) is 8.59. The van der Waals surface area contributed by atoms with Crippen molar-refractivity contribution in [3.8, 4) is 10.4 Å². The maximum Gasteiger partial charge on any atom is 0.273 e. The number of anilines is 1. The summed E-state index contributed by atoms with van der Waals surface area (Å²) in [6.45, 7) is 0.488. The molecule has 9 nitrogen and oxygen atoms in total. The first-order chi connectivity index (χ1) is 20.4. The molecule has 0 spiro atoms. The number of pyridine rings is 1. The zero-order chi connectivity index (χ0) is 29.5. The lowest BCUT2D eigenvalue weighted by molar-refractivity contribution is -0.365. The summed E-state index contributed by atoms with van der Waals surface area (Å²) >= 11 is 1.60. The Morgan fingerprint density at radius 3 is 2.79 bits per heavy atom. The second-order valence-corrected chi connectivity index (χ2v) is 10.3. The molecule has 0 aliphatic rings. The zero-order valence-corrected chi connectivity index (χ0v) is 23.3. The Morgan fingerprint density at radius 1 is 1.07 bits per heavy atom. The number of aromatic amines is 1. The van der Waals surface area contributed by atoms with Crippen molar-refractivity contribution in [3.05, 3.63) is 113 Å². The first-order valence-corrected chi connectivity index (χ1v) is 13.7. The molecule has 0 radical (unpaired) electrons. The smallest absolute Gasteiger partial charge is 0.273 e. The zero-order valence-electron chi connectivity index (χ0n) is 22.5. The molecule has 6 N–H and O–H groups in total. The lowest BCUT2D eigenvalue weighted by atomic mass is 10.1. The van der Waals surface area contributed by atoms with Crippen LogP contribution in [0, 0.1) is 11.6 Å². The van der Waals surface area contributed by atoms with E-state index in [9.17, 15) is 13.6 Å². The van der Waals surface area contributed by atoms with Gasteiger partial charge in [0.2, 0.25) is 12.2 Å². The molecule has 0 aliphatic heterocycles. The van der Waals surface area contributed by atoms with E-state index in [4.69, 9.17) is 5.73 Å².